The molecular formula is C25H32N2O3. The van der Waals surface area contributed by atoms with Crippen molar-refractivity contribution in [3.05, 3.63) is 65.7 Å². The second-order valence-electron chi connectivity index (χ2n) is 9.06. The molecule has 1 aliphatic heterocycles. The lowest BCUT2D eigenvalue weighted by Gasteiger charge is -2.46. The first-order chi connectivity index (χ1) is 14.4. The zero-order chi connectivity index (χ0) is 21.4. The fourth-order valence-corrected chi connectivity index (χ4v) is 4.94. The van der Waals surface area contributed by atoms with Crippen LogP contribution in [0.5, 0.6) is 5.75 Å². The first-order valence-electron chi connectivity index (χ1n) is 10.8. The number of carbonyl (C=O) groups is 1. The molecule has 0 bridgehead atoms. The van der Waals surface area contributed by atoms with Gasteiger partial charge in [0.15, 0.2) is 0 Å². The third-order valence-electron chi connectivity index (χ3n) is 6.81. The largest absolute Gasteiger partial charge is 0.497 e. The molecule has 4 rings (SSSR count). The van der Waals surface area contributed by atoms with Crippen LogP contribution >= 0.6 is 0 Å². The number of piperidine rings is 1. The van der Waals surface area contributed by atoms with Gasteiger partial charge in [0, 0.05) is 25.6 Å². The zero-order valence-electron chi connectivity index (χ0n) is 18.2. The van der Waals surface area contributed by atoms with E-state index in [-0.39, 0.29) is 17.2 Å². The van der Waals surface area contributed by atoms with Gasteiger partial charge >= 0.3 is 0 Å². The van der Waals surface area contributed by atoms with Gasteiger partial charge in [-0.1, -0.05) is 42.5 Å². The van der Waals surface area contributed by atoms with Crippen LogP contribution < -0.4 is 4.74 Å². The molecule has 2 unspecified atom stereocenters. The molecule has 2 atom stereocenters. The van der Waals surface area contributed by atoms with Gasteiger partial charge in [-0.25, -0.2) is 0 Å². The Morgan fingerprint density at radius 1 is 1.10 bits per heavy atom. The van der Waals surface area contributed by atoms with E-state index >= 15 is 0 Å². The minimum atomic E-state index is -0.987. The minimum absolute atomic E-state index is 0.0797. The highest BCUT2D eigenvalue weighted by atomic mass is 16.5. The lowest BCUT2D eigenvalue weighted by Crippen LogP contribution is -2.56. The maximum atomic E-state index is 13.6. The van der Waals surface area contributed by atoms with E-state index in [1.165, 1.54) is 0 Å². The Kier molecular flexibility index (Phi) is 5.60. The number of rotatable bonds is 6. The Bertz CT molecular complexity index is 894. The molecule has 1 aliphatic carbocycles. The maximum absolute atomic E-state index is 13.6. The predicted octanol–water partition coefficient (Wildman–Crippen LogP) is 3.02. The average Bonchev–Trinajstić information content (AvgIpc) is 3.57. The lowest BCUT2D eigenvalue weighted by molar-refractivity contribution is -0.144. The van der Waals surface area contributed by atoms with E-state index in [0.29, 0.717) is 26.1 Å². The zero-order valence-corrected chi connectivity index (χ0v) is 18.2. The standard InChI is InChI=1S/C25H32N2O3/c1-26(2)17-21-18-27(23(28)24(12-13-24)19-8-5-4-6-9-19)15-14-25(21,29)20-10-7-11-22(16-20)30-3/h4-11,16,21,29H,12-15,17-18H2,1-3H3. The summed E-state index contributed by atoms with van der Waals surface area (Å²) in [5, 5.41) is 11.8. The molecular weight excluding hydrogens is 376 g/mol. The number of nitrogens with zero attached hydrogens (tertiary/aromatic N) is 2. The molecule has 1 saturated carbocycles. The fourth-order valence-electron chi connectivity index (χ4n) is 4.94. The van der Waals surface area contributed by atoms with E-state index in [2.05, 4.69) is 17.0 Å². The van der Waals surface area contributed by atoms with E-state index in [1.54, 1.807) is 7.11 Å². The molecule has 2 fully saturated rings. The highest BCUT2D eigenvalue weighted by Crippen LogP contribution is 2.50. The van der Waals surface area contributed by atoms with Gasteiger partial charge in [0.25, 0.3) is 0 Å². The summed E-state index contributed by atoms with van der Waals surface area (Å²) in [6.07, 6.45) is 2.34. The topological polar surface area (TPSA) is 53.0 Å². The molecule has 0 spiro atoms. The number of methoxy groups -OCH3 is 1. The maximum Gasteiger partial charge on any atom is 0.233 e. The Balaban J connectivity index is 1.59. The van der Waals surface area contributed by atoms with Crippen molar-refractivity contribution in [3.8, 4) is 5.75 Å². The number of carbonyl (C=O) groups excluding carboxylic acids is 1. The molecule has 1 N–H and O–H groups in total. The van der Waals surface area contributed by atoms with E-state index in [1.807, 2.05) is 61.5 Å². The van der Waals surface area contributed by atoms with Crippen molar-refractivity contribution in [1.82, 2.24) is 9.80 Å². The summed E-state index contributed by atoms with van der Waals surface area (Å²) in [5.74, 6) is 0.873. The third kappa shape index (κ3) is 3.72. The van der Waals surface area contributed by atoms with E-state index in [9.17, 15) is 9.90 Å². The summed E-state index contributed by atoms with van der Waals surface area (Å²) in [5.41, 5.74) is 0.631. The van der Waals surface area contributed by atoms with Crippen molar-refractivity contribution in [2.24, 2.45) is 5.92 Å². The van der Waals surface area contributed by atoms with Gasteiger partial charge in [-0.15, -0.1) is 0 Å². The van der Waals surface area contributed by atoms with Crippen LogP contribution in [0.15, 0.2) is 54.6 Å². The first kappa shape index (κ1) is 20.9. The van der Waals surface area contributed by atoms with Crippen molar-refractivity contribution >= 4 is 5.91 Å². The third-order valence-corrected chi connectivity index (χ3v) is 6.81. The van der Waals surface area contributed by atoms with Gasteiger partial charge in [0.05, 0.1) is 18.1 Å². The summed E-state index contributed by atoms with van der Waals surface area (Å²) in [7, 11) is 5.67. The number of ether oxygens (including phenoxy) is 1. The van der Waals surface area contributed by atoms with Crippen molar-refractivity contribution in [3.63, 3.8) is 0 Å². The van der Waals surface area contributed by atoms with Gasteiger partial charge < -0.3 is 19.6 Å². The second kappa shape index (κ2) is 8.05. The van der Waals surface area contributed by atoms with Gasteiger partial charge in [-0.05, 0) is 56.6 Å². The number of benzene rings is 2. The first-order valence-corrected chi connectivity index (χ1v) is 10.8. The number of hydrogen-bond acceptors (Lipinski definition) is 4. The van der Waals surface area contributed by atoms with Crippen molar-refractivity contribution in [1.29, 1.82) is 0 Å². The number of hydrogen-bond donors (Lipinski definition) is 1. The van der Waals surface area contributed by atoms with Gasteiger partial charge in [-0.3, -0.25) is 4.79 Å². The SMILES string of the molecule is COc1cccc(C2(O)CCN(C(=O)C3(c4ccccc4)CC3)CC2CN(C)C)c1. The predicted molar refractivity (Wildman–Crippen MR) is 117 cm³/mol. The van der Waals surface area contributed by atoms with Gasteiger partial charge in [-0.2, -0.15) is 0 Å². The molecule has 5 heteroatoms. The number of likely N-dealkylation sites (tertiary alicyclic amines) is 1. The number of amides is 1. The molecule has 2 aromatic carbocycles. The normalized spacial score (nSPS) is 25.2. The molecule has 1 amide bonds. The summed E-state index contributed by atoms with van der Waals surface area (Å²) in [6.45, 7) is 1.82. The molecule has 1 heterocycles. The van der Waals surface area contributed by atoms with Crippen LogP contribution in [0, 0.1) is 5.92 Å². The highest BCUT2D eigenvalue weighted by Gasteiger charge is 2.55. The summed E-state index contributed by atoms with van der Waals surface area (Å²) in [4.78, 5) is 17.7. The fraction of sp³-hybridized carbons (Fsp3) is 0.480. The van der Waals surface area contributed by atoms with Crippen LogP contribution in [-0.2, 0) is 15.8 Å². The van der Waals surface area contributed by atoms with Crippen LogP contribution in [0.3, 0.4) is 0 Å². The van der Waals surface area contributed by atoms with E-state index in [4.69, 9.17) is 4.74 Å². The van der Waals surface area contributed by atoms with Crippen LogP contribution in [-0.4, -0.2) is 61.7 Å². The van der Waals surface area contributed by atoms with Crippen LogP contribution in [0.2, 0.25) is 0 Å². The Morgan fingerprint density at radius 3 is 2.43 bits per heavy atom. The van der Waals surface area contributed by atoms with Crippen LogP contribution in [0.4, 0.5) is 0 Å². The van der Waals surface area contributed by atoms with Crippen LogP contribution in [0.1, 0.15) is 30.4 Å². The van der Waals surface area contributed by atoms with Crippen LogP contribution in [0.25, 0.3) is 0 Å². The second-order valence-corrected chi connectivity index (χ2v) is 9.06. The lowest BCUT2D eigenvalue weighted by atomic mass is 9.75. The van der Waals surface area contributed by atoms with Crippen molar-refractivity contribution in [2.45, 2.75) is 30.3 Å². The average molecular weight is 409 g/mol. The van der Waals surface area contributed by atoms with Gasteiger partial charge in [0.2, 0.25) is 5.91 Å². The summed E-state index contributed by atoms with van der Waals surface area (Å²) < 4.78 is 5.38. The quantitative estimate of drug-likeness (QED) is 0.798. The monoisotopic (exact) mass is 408 g/mol. The van der Waals surface area contributed by atoms with E-state index < -0.39 is 5.60 Å². The molecule has 2 aromatic rings. The molecule has 1 saturated heterocycles. The Morgan fingerprint density at radius 2 is 1.80 bits per heavy atom. The van der Waals surface area contributed by atoms with Crippen molar-refractivity contribution in [2.75, 3.05) is 40.8 Å². The Hall–Kier alpha value is -2.37. The molecule has 5 nitrogen and oxygen atoms in total. The van der Waals surface area contributed by atoms with Crippen molar-refractivity contribution < 1.29 is 14.6 Å². The molecule has 0 aromatic heterocycles. The summed E-state index contributed by atoms with van der Waals surface area (Å²) in [6, 6.07) is 17.9. The molecule has 2 aliphatic rings. The molecule has 30 heavy (non-hydrogen) atoms. The Labute approximate surface area is 179 Å². The smallest absolute Gasteiger partial charge is 0.233 e. The molecule has 0 radical (unpaired) electrons. The highest BCUT2D eigenvalue weighted by molar-refractivity contribution is 5.91. The van der Waals surface area contributed by atoms with E-state index in [0.717, 1.165) is 29.7 Å². The number of aliphatic hydroxyl groups is 1. The molecule has 160 valence electrons. The van der Waals surface area contributed by atoms with Gasteiger partial charge in [0.1, 0.15) is 5.75 Å². The minimum Gasteiger partial charge on any atom is -0.497 e. The summed E-state index contributed by atoms with van der Waals surface area (Å²) >= 11 is 0.